The molecule has 0 unspecified atom stereocenters. The fourth-order valence-electron chi connectivity index (χ4n) is 7.58. The summed E-state index contributed by atoms with van der Waals surface area (Å²) in [6.45, 7) is 2.45. The third-order valence-electron chi connectivity index (χ3n) is 11.6. The van der Waals surface area contributed by atoms with Crippen molar-refractivity contribution in [2.45, 2.75) is 235 Å². The molecule has 0 radical (unpaired) electrons. The average Bonchev–Trinajstić information content (AvgIpc) is 3.29. The van der Waals surface area contributed by atoms with Crippen molar-refractivity contribution < 1.29 is 73.8 Å². The van der Waals surface area contributed by atoms with Crippen molar-refractivity contribution in [2.24, 2.45) is 0 Å². The molecule has 64 heavy (non-hydrogen) atoms. The number of aliphatic hydroxyl groups excluding tert-OH is 7. The molecule has 0 amide bonds. The van der Waals surface area contributed by atoms with Crippen LogP contribution in [0.15, 0.2) is 36.5 Å². The average molecular weight is 915 g/mol. The van der Waals surface area contributed by atoms with Crippen LogP contribution in [0, 0.1) is 0 Å². The Hall–Kier alpha value is -2.28. The predicted octanol–water partition coefficient (Wildman–Crippen LogP) is 6.15. The lowest BCUT2D eigenvalue weighted by Gasteiger charge is -2.42. The maximum atomic E-state index is 13.0. The second-order valence-corrected chi connectivity index (χ2v) is 17.3. The maximum Gasteiger partial charge on any atom is 0.306 e. The van der Waals surface area contributed by atoms with E-state index in [4.69, 9.17) is 28.4 Å². The first-order valence-electron chi connectivity index (χ1n) is 24.6. The van der Waals surface area contributed by atoms with E-state index in [0.29, 0.717) is 12.8 Å². The molecule has 0 aromatic heterocycles. The van der Waals surface area contributed by atoms with E-state index in [1.165, 1.54) is 57.8 Å². The zero-order valence-electron chi connectivity index (χ0n) is 39.0. The van der Waals surface area contributed by atoms with Gasteiger partial charge in [-0.25, -0.2) is 0 Å². The zero-order chi connectivity index (χ0) is 46.8. The minimum atomic E-state index is -1.77. The van der Waals surface area contributed by atoms with Crippen LogP contribution in [0.2, 0.25) is 0 Å². The van der Waals surface area contributed by atoms with Gasteiger partial charge in [-0.1, -0.05) is 147 Å². The van der Waals surface area contributed by atoms with Gasteiger partial charge in [-0.2, -0.15) is 0 Å². The molecular weight excluding hydrogens is 829 g/mol. The van der Waals surface area contributed by atoms with Gasteiger partial charge in [-0.3, -0.25) is 9.59 Å². The molecule has 0 aromatic carbocycles. The van der Waals surface area contributed by atoms with Gasteiger partial charge in [-0.15, -0.1) is 0 Å². The van der Waals surface area contributed by atoms with Gasteiger partial charge >= 0.3 is 11.9 Å². The van der Waals surface area contributed by atoms with E-state index in [2.05, 4.69) is 50.3 Å². The van der Waals surface area contributed by atoms with E-state index in [-0.39, 0.29) is 26.1 Å². The largest absolute Gasteiger partial charge is 0.462 e. The van der Waals surface area contributed by atoms with Crippen LogP contribution < -0.4 is 0 Å². The normalized spacial score (nSPS) is 26.9. The lowest BCUT2D eigenvalue weighted by molar-refractivity contribution is -0.332. The molecular formula is C49H86O15. The molecule has 2 fully saturated rings. The Morgan fingerprint density at radius 1 is 0.516 bits per heavy atom. The number of carbonyl (C=O) groups excluding carboxylic acids is 2. The smallest absolute Gasteiger partial charge is 0.306 e. The zero-order valence-corrected chi connectivity index (χ0v) is 39.0. The highest BCUT2D eigenvalue weighted by Crippen LogP contribution is 2.26. The summed E-state index contributed by atoms with van der Waals surface area (Å²) in [4.78, 5) is 25.7. The van der Waals surface area contributed by atoms with E-state index < -0.39 is 92.7 Å². The Labute approximate surface area is 383 Å². The highest BCUT2D eigenvalue weighted by molar-refractivity contribution is 5.70. The van der Waals surface area contributed by atoms with E-state index in [9.17, 15) is 45.3 Å². The number of hydrogen-bond donors (Lipinski definition) is 7. The number of rotatable bonds is 37. The summed E-state index contributed by atoms with van der Waals surface area (Å²) in [5, 5.41) is 72.0. The molecule has 2 aliphatic rings. The molecule has 15 nitrogen and oxygen atoms in total. The molecule has 2 heterocycles. The molecule has 0 spiro atoms. The second kappa shape index (κ2) is 36.8. The number of carbonyl (C=O) groups is 2. The molecule has 372 valence electrons. The van der Waals surface area contributed by atoms with Gasteiger partial charge in [0.25, 0.3) is 0 Å². The summed E-state index contributed by atoms with van der Waals surface area (Å²) >= 11 is 0. The SMILES string of the molecule is CCC=CCC=CCC=CCCCCCCCC(=O)OC[C@H](CO[C@@H]1O[C@H](CO[C@H]2O[C@H](CO)[C@H](O)[C@H](O)[C@H]2O)[C@H](O)[C@H](O)[C@H]1O)OC(=O)CCCCCCCCCCCCCCC. The van der Waals surface area contributed by atoms with Crippen molar-refractivity contribution >= 4 is 11.9 Å². The molecule has 15 heteroatoms. The van der Waals surface area contributed by atoms with Crippen molar-refractivity contribution in [3.05, 3.63) is 36.5 Å². The summed E-state index contributed by atoms with van der Waals surface area (Å²) in [7, 11) is 0. The number of ether oxygens (including phenoxy) is 6. The van der Waals surface area contributed by atoms with Gasteiger partial charge < -0.3 is 64.2 Å². The third kappa shape index (κ3) is 25.0. The maximum absolute atomic E-state index is 13.0. The molecule has 0 bridgehead atoms. The van der Waals surface area contributed by atoms with Gasteiger partial charge in [-0.05, 0) is 44.9 Å². The summed E-state index contributed by atoms with van der Waals surface area (Å²) < 4.78 is 33.5. The lowest BCUT2D eigenvalue weighted by atomic mass is 9.98. The van der Waals surface area contributed by atoms with Gasteiger partial charge in [0.15, 0.2) is 18.7 Å². The lowest BCUT2D eigenvalue weighted by Crippen LogP contribution is -2.61. The van der Waals surface area contributed by atoms with Crippen LogP contribution in [0.3, 0.4) is 0 Å². The molecule has 0 saturated carbocycles. The van der Waals surface area contributed by atoms with Crippen molar-refractivity contribution in [2.75, 3.05) is 26.4 Å². The highest BCUT2D eigenvalue weighted by atomic mass is 16.7. The van der Waals surface area contributed by atoms with Crippen molar-refractivity contribution in [1.29, 1.82) is 0 Å². The number of hydrogen-bond acceptors (Lipinski definition) is 15. The minimum Gasteiger partial charge on any atom is -0.462 e. The second-order valence-electron chi connectivity index (χ2n) is 17.3. The Bertz CT molecular complexity index is 1260. The number of aliphatic hydroxyl groups is 7. The number of esters is 2. The van der Waals surface area contributed by atoms with Crippen LogP contribution in [0.1, 0.15) is 168 Å². The number of allylic oxidation sites excluding steroid dienone is 6. The topological polar surface area (TPSA) is 231 Å². The minimum absolute atomic E-state index is 0.164. The third-order valence-corrected chi connectivity index (χ3v) is 11.6. The fraction of sp³-hybridized carbons (Fsp3) is 0.837. The van der Waals surface area contributed by atoms with Crippen molar-refractivity contribution in [3.63, 3.8) is 0 Å². The number of unbranched alkanes of at least 4 members (excludes halogenated alkanes) is 17. The van der Waals surface area contributed by atoms with Crippen LogP contribution in [0.4, 0.5) is 0 Å². The molecule has 11 atom stereocenters. The van der Waals surface area contributed by atoms with E-state index in [1.54, 1.807) is 0 Å². The Morgan fingerprint density at radius 2 is 0.984 bits per heavy atom. The Kier molecular flexibility index (Phi) is 33.3. The molecule has 0 aromatic rings. The van der Waals surface area contributed by atoms with Gasteiger partial charge in [0, 0.05) is 12.8 Å². The highest BCUT2D eigenvalue weighted by Gasteiger charge is 2.47. The van der Waals surface area contributed by atoms with Crippen LogP contribution in [0.5, 0.6) is 0 Å². The summed E-state index contributed by atoms with van der Waals surface area (Å²) in [5.41, 5.74) is 0. The van der Waals surface area contributed by atoms with Crippen molar-refractivity contribution in [1.82, 2.24) is 0 Å². The van der Waals surface area contributed by atoms with Crippen LogP contribution in [-0.2, 0) is 38.0 Å². The monoisotopic (exact) mass is 915 g/mol. The Balaban J connectivity index is 1.83. The first-order valence-corrected chi connectivity index (χ1v) is 24.6. The van der Waals surface area contributed by atoms with Crippen LogP contribution in [0.25, 0.3) is 0 Å². The van der Waals surface area contributed by atoms with Crippen LogP contribution in [-0.4, -0.2) is 142 Å². The summed E-state index contributed by atoms with van der Waals surface area (Å²) in [6, 6.07) is 0. The van der Waals surface area contributed by atoms with Gasteiger partial charge in [0.2, 0.25) is 0 Å². The van der Waals surface area contributed by atoms with E-state index >= 15 is 0 Å². The fourth-order valence-corrected chi connectivity index (χ4v) is 7.58. The molecule has 2 rings (SSSR count). The van der Waals surface area contributed by atoms with E-state index in [1.807, 2.05) is 0 Å². The first-order chi connectivity index (χ1) is 31.0. The van der Waals surface area contributed by atoms with Gasteiger partial charge in [0.05, 0.1) is 19.8 Å². The van der Waals surface area contributed by atoms with Gasteiger partial charge in [0.1, 0.15) is 55.4 Å². The van der Waals surface area contributed by atoms with E-state index in [0.717, 1.165) is 70.6 Å². The Morgan fingerprint density at radius 3 is 1.55 bits per heavy atom. The van der Waals surface area contributed by atoms with Crippen LogP contribution >= 0.6 is 0 Å². The first kappa shape index (κ1) is 57.8. The predicted molar refractivity (Wildman–Crippen MR) is 243 cm³/mol. The molecule has 0 aliphatic carbocycles. The van der Waals surface area contributed by atoms with Crippen molar-refractivity contribution in [3.8, 4) is 0 Å². The molecule has 2 saturated heterocycles. The summed E-state index contributed by atoms with van der Waals surface area (Å²) in [5.74, 6) is -0.943. The molecule has 2 aliphatic heterocycles. The quantitative estimate of drug-likeness (QED) is 0.0211. The molecule has 7 N–H and O–H groups in total. The standard InChI is InChI=1S/C49H86O15/c1-3-5-7-9-11-13-15-17-18-20-21-23-25-27-29-31-40(51)59-34-37(62-41(52)32-30-28-26-24-22-19-16-14-12-10-8-6-4-2)35-60-48-47(58)45(56)43(54)39(64-48)36-61-49-46(57)44(55)42(53)38(33-50)63-49/h5,7,11,13,17-18,37-39,42-50,53-58H,3-4,6,8-10,12,14-16,19-36H2,1-2H3/t37-,38-,39-,42+,43+,44+,45+,46-,47-,48-,49+/m1/s1. The summed E-state index contributed by atoms with van der Waals surface area (Å²) in [6.07, 6.45) is 20.3.